The molecular formula is C21H28O. The Morgan fingerprint density at radius 1 is 1.14 bits per heavy atom. The van der Waals surface area contributed by atoms with Gasteiger partial charge < -0.3 is 4.74 Å². The molecule has 1 atom stereocenters. The minimum Gasteiger partial charge on any atom is -0.361 e. The summed E-state index contributed by atoms with van der Waals surface area (Å²) in [6.45, 7) is 11.4. The molecule has 0 bridgehead atoms. The second kappa shape index (κ2) is 6.71. The van der Waals surface area contributed by atoms with E-state index in [0.717, 1.165) is 12.8 Å². The third-order valence-corrected chi connectivity index (χ3v) is 3.88. The van der Waals surface area contributed by atoms with Gasteiger partial charge >= 0.3 is 0 Å². The molecule has 2 rings (SSSR count). The van der Waals surface area contributed by atoms with Gasteiger partial charge in [0.05, 0.1) is 6.10 Å². The maximum Gasteiger partial charge on any atom is 0.108 e. The summed E-state index contributed by atoms with van der Waals surface area (Å²) in [5.74, 6) is 6.40. The number of rotatable bonds is 6. The number of aryl methyl sites for hydroxylation is 1. The Balaban J connectivity index is 1.90. The minimum atomic E-state index is 0.0427. The van der Waals surface area contributed by atoms with Crippen molar-refractivity contribution >= 4 is 0 Å². The van der Waals surface area contributed by atoms with Crippen LogP contribution in [0.4, 0.5) is 0 Å². The zero-order valence-electron chi connectivity index (χ0n) is 14.6. The quantitative estimate of drug-likeness (QED) is 0.529. The summed E-state index contributed by atoms with van der Waals surface area (Å²) in [7, 11) is 0. The Bertz CT molecular complexity index is 576. The monoisotopic (exact) mass is 296 g/mol. The normalized spacial score (nSPS) is 17.2. The molecule has 1 unspecified atom stereocenters. The number of allylic oxidation sites excluding steroid dienone is 1. The highest BCUT2D eigenvalue weighted by Crippen LogP contribution is 2.46. The molecule has 22 heavy (non-hydrogen) atoms. The third kappa shape index (κ3) is 5.35. The maximum absolute atomic E-state index is 6.08. The molecule has 0 spiro atoms. The average molecular weight is 296 g/mol. The maximum atomic E-state index is 6.08. The Hall–Kier alpha value is -1.52. The second-order valence-electron chi connectivity index (χ2n) is 7.70. The summed E-state index contributed by atoms with van der Waals surface area (Å²) < 4.78 is 6.08. The largest absolute Gasteiger partial charge is 0.361 e. The first-order chi connectivity index (χ1) is 10.3. The van der Waals surface area contributed by atoms with Gasteiger partial charge in [-0.25, -0.2) is 0 Å². The van der Waals surface area contributed by atoms with E-state index in [1.54, 1.807) is 0 Å². The molecule has 0 aromatic heterocycles. The standard InChI is InChI=1S/C21H28O/c1-20(2,3)14-9-15-22-19(18-16-21(18,4)5)13-12-17-10-7-6-8-11-17/h6-8,10-11,16,19H,12-13,15H2,1-5H3. The molecule has 0 aliphatic heterocycles. The first-order valence-electron chi connectivity index (χ1n) is 8.17. The molecule has 0 saturated carbocycles. The molecule has 1 heteroatoms. The van der Waals surface area contributed by atoms with Crippen LogP contribution < -0.4 is 0 Å². The van der Waals surface area contributed by atoms with Crippen LogP contribution in [0.1, 0.15) is 46.6 Å². The van der Waals surface area contributed by atoms with Crippen LogP contribution in [0.15, 0.2) is 42.0 Å². The lowest BCUT2D eigenvalue weighted by molar-refractivity contribution is 0.0960. The van der Waals surface area contributed by atoms with E-state index in [2.05, 4.69) is 82.9 Å². The van der Waals surface area contributed by atoms with E-state index in [-0.39, 0.29) is 16.9 Å². The van der Waals surface area contributed by atoms with Crippen LogP contribution in [0.25, 0.3) is 0 Å². The summed E-state index contributed by atoms with van der Waals surface area (Å²) in [5.41, 5.74) is 3.08. The van der Waals surface area contributed by atoms with E-state index in [1.165, 1.54) is 11.1 Å². The molecule has 0 heterocycles. The molecule has 0 saturated heterocycles. The topological polar surface area (TPSA) is 9.23 Å². The van der Waals surface area contributed by atoms with Crippen LogP contribution in [-0.4, -0.2) is 12.7 Å². The van der Waals surface area contributed by atoms with Gasteiger partial charge in [-0.1, -0.05) is 62.1 Å². The highest BCUT2D eigenvalue weighted by Gasteiger charge is 2.39. The molecule has 1 aliphatic rings. The molecular weight excluding hydrogens is 268 g/mol. The van der Waals surface area contributed by atoms with Gasteiger partial charge in [-0.05, 0) is 44.7 Å². The van der Waals surface area contributed by atoms with Crippen LogP contribution in [0, 0.1) is 22.7 Å². The number of hydrogen-bond donors (Lipinski definition) is 0. The molecule has 0 amide bonds. The van der Waals surface area contributed by atoms with Gasteiger partial charge in [0.2, 0.25) is 0 Å². The molecule has 1 aromatic carbocycles. The van der Waals surface area contributed by atoms with Crippen molar-refractivity contribution < 1.29 is 4.74 Å². The molecule has 0 radical (unpaired) electrons. The van der Waals surface area contributed by atoms with Gasteiger partial charge in [0.15, 0.2) is 0 Å². The lowest BCUT2D eigenvalue weighted by Crippen LogP contribution is -2.17. The van der Waals surface area contributed by atoms with Crippen LogP contribution >= 0.6 is 0 Å². The number of ether oxygens (including phenoxy) is 1. The van der Waals surface area contributed by atoms with E-state index in [1.807, 2.05) is 0 Å². The SMILES string of the molecule is CC(C)(C)C#CCOC(CCc1ccccc1)C1=CC1(C)C. The Morgan fingerprint density at radius 3 is 2.32 bits per heavy atom. The van der Waals surface area contributed by atoms with Crippen molar-refractivity contribution in [1.29, 1.82) is 0 Å². The van der Waals surface area contributed by atoms with Gasteiger partial charge in [-0.3, -0.25) is 0 Å². The summed E-state index contributed by atoms with van der Waals surface area (Å²) in [4.78, 5) is 0. The zero-order chi connectivity index (χ0) is 16.2. The summed E-state index contributed by atoms with van der Waals surface area (Å²) in [6, 6.07) is 10.6. The minimum absolute atomic E-state index is 0.0427. The lowest BCUT2D eigenvalue weighted by Gasteiger charge is -2.18. The van der Waals surface area contributed by atoms with Crippen LogP contribution in [0.5, 0.6) is 0 Å². The van der Waals surface area contributed by atoms with Crippen molar-refractivity contribution in [1.82, 2.24) is 0 Å². The van der Waals surface area contributed by atoms with E-state index < -0.39 is 0 Å². The van der Waals surface area contributed by atoms with E-state index >= 15 is 0 Å². The highest BCUT2D eigenvalue weighted by atomic mass is 16.5. The van der Waals surface area contributed by atoms with Crippen molar-refractivity contribution in [3.05, 3.63) is 47.5 Å². The van der Waals surface area contributed by atoms with Gasteiger partial charge in [0.1, 0.15) is 6.61 Å². The highest BCUT2D eigenvalue weighted by molar-refractivity contribution is 5.39. The van der Waals surface area contributed by atoms with Gasteiger partial charge in [-0.2, -0.15) is 0 Å². The first-order valence-corrected chi connectivity index (χ1v) is 8.17. The predicted molar refractivity (Wildman–Crippen MR) is 93.6 cm³/mol. The predicted octanol–water partition coefficient (Wildman–Crippen LogP) is 5.02. The Labute approximate surface area is 135 Å². The van der Waals surface area contributed by atoms with E-state index in [0.29, 0.717) is 6.61 Å². The van der Waals surface area contributed by atoms with Crippen molar-refractivity contribution in [3.8, 4) is 11.8 Å². The second-order valence-corrected chi connectivity index (χ2v) is 7.70. The fourth-order valence-electron chi connectivity index (χ4n) is 2.58. The fraction of sp³-hybridized carbons (Fsp3) is 0.524. The smallest absolute Gasteiger partial charge is 0.108 e. The summed E-state index contributed by atoms with van der Waals surface area (Å²) in [5, 5.41) is 0. The number of hydrogen-bond acceptors (Lipinski definition) is 1. The van der Waals surface area contributed by atoms with E-state index in [4.69, 9.17) is 4.74 Å². The first kappa shape index (κ1) is 16.8. The fourth-order valence-corrected chi connectivity index (χ4v) is 2.58. The summed E-state index contributed by atoms with van der Waals surface area (Å²) in [6.07, 6.45) is 4.59. The molecule has 1 nitrogen and oxygen atoms in total. The van der Waals surface area contributed by atoms with Gasteiger partial charge in [-0.15, -0.1) is 0 Å². The molecule has 1 aromatic rings. The van der Waals surface area contributed by atoms with Crippen molar-refractivity contribution in [2.24, 2.45) is 10.8 Å². The molecule has 0 N–H and O–H groups in total. The number of benzene rings is 1. The molecule has 0 fully saturated rings. The lowest BCUT2D eigenvalue weighted by atomic mass is 9.98. The van der Waals surface area contributed by atoms with Crippen molar-refractivity contribution in [2.75, 3.05) is 6.61 Å². The van der Waals surface area contributed by atoms with Crippen molar-refractivity contribution in [3.63, 3.8) is 0 Å². The zero-order valence-corrected chi connectivity index (χ0v) is 14.6. The van der Waals surface area contributed by atoms with Crippen molar-refractivity contribution in [2.45, 2.75) is 53.6 Å². The van der Waals surface area contributed by atoms with E-state index in [9.17, 15) is 0 Å². The molecule has 1 aliphatic carbocycles. The Morgan fingerprint density at radius 2 is 1.77 bits per heavy atom. The van der Waals surface area contributed by atoms with Crippen LogP contribution in [0.2, 0.25) is 0 Å². The third-order valence-electron chi connectivity index (χ3n) is 3.88. The molecule has 118 valence electrons. The van der Waals surface area contributed by atoms with Crippen LogP contribution in [0.3, 0.4) is 0 Å². The van der Waals surface area contributed by atoms with Gasteiger partial charge in [0, 0.05) is 10.8 Å². The average Bonchev–Trinajstić information content (AvgIpc) is 3.06. The Kier molecular flexibility index (Phi) is 5.14. The summed E-state index contributed by atoms with van der Waals surface area (Å²) >= 11 is 0. The van der Waals surface area contributed by atoms with Gasteiger partial charge in [0.25, 0.3) is 0 Å². The van der Waals surface area contributed by atoms with Crippen LogP contribution in [-0.2, 0) is 11.2 Å².